The average molecular weight is 454 g/mol. The lowest BCUT2D eigenvalue weighted by molar-refractivity contribution is -0.116. The fourth-order valence-electron chi connectivity index (χ4n) is 4.95. The molecule has 3 aromatic rings. The number of pyridine rings is 1. The van der Waals surface area contributed by atoms with Gasteiger partial charge in [0.05, 0.1) is 0 Å². The maximum atomic E-state index is 13.7. The Hall–Kier alpha value is -4.06. The highest BCUT2D eigenvalue weighted by Gasteiger charge is 2.41. The van der Waals surface area contributed by atoms with Gasteiger partial charge in [-0.2, -0.15) is 0 Å². The first-order valence-electron chi connectivity index (χ1n) is 11.3. The number of hydrogen-bond donors (Lipinski definition) is 2. The number of Topliss-reactive ketones (excluding diaryl/α,β-unsaturated/α-hetero) is 1. The Morgan fingerprint density at radius 2 is 1.82 bits per heavy atom. The van der Waals surface area contributed by atoms with Gasteiger partial charge in [-0.15, -0.1) is 0 Å². The Bertz CT molecular complexity index is 1320. The van der Waals surface area contributed by atoms with Crippen molar-refractivity contribution in [2.45, 2.75) is 31.6 Å². The smallest absolute Gasteiger partial charge is 0.254 e. The maximum absolute atomic E-state index is 13.7. The maximum Gasteiger partial charge on any atom is 0.254 e. The van der Waals surface area contributed by atoms with Gasteiger partial charge >= 0.3 is 0 Å². The molecule has 1 amide bonds. The Morgan fingerprint density at radius 1 is 1.03 bits per heavy atom. The molecule has 1 aliphatic heterocycles. The molecule has 2 aromatic carbocycles. The topological polar surface area (TPSA) is 71.1 Å². The van der Waals surface area contributed by atoms with Crippen molar-refractivity contribution in [3.63, 3.8) is 0 Å². The van der Waals surface area contributed by atoms with Crippen LogP contribution in [0.5, 0.6) is 0 Å². The van der Waals surface area contributed by atoms with Gasteiger partial charge in [0.1, 0.15) is 5.82 Å². The number of carbonyl (C=O) groups is 2. The molecule has 0 saturated carbocycles. The van der Waals surface area contributed by atoms with Gasteiger partial charge in [-0.05, 0) is 54.7 Å². The van der Waals surface area contributed by atoms with E-state index in [1.165, 1.54) is 12.1 Å². The number of ketones is 1. The molecule has 2 unspecified atom stereocenters. The minimum absolute atomic E-state index is 0.0139. The first-order chi connectivity index (χ1) is 16.5. The summed E-state index contributed by atoms with van der Waals surface area (Å²) in [6.45, 7) is 1.84. The number of anilines is 1. The van der Waals surface area contributed by atoms with Crippen LogP contribution in [0, 0.1) is 5.82 Å². The summed E-state index contributed by atoms with van der Waals surface area (Å²) in [6, 6.07) is 19.5. The molecule has 2 aliphatic rings. The van der Waals surface area contributed by atoms with Crippen molar-refractivity contribution in [3.05, 3.63) is 119 Å². The van der Waals surface area contributed by atoms with E-state index in [2.05, 4.69) is 15.6 Å². The van der Waals surface area contributed by atoms with Gasteiger partial charge in [-0.25, -0.2) is 4.39 Å². The minimum Gasteiger partial charge on any atom is -0.362 e. The van der Waals surface area contributed by atoms with E-state index in [0.29, 0.717) is 35.4 Å². The Labute approximate surface area is 197 Å². The number of aromatic nitrogens is 1. The number of rotatable bonds is 4. The van der Waals surface area contributed by atoms with Crippen LogP contribution in [-0.4, -0.2) is 16.7 Å². The van der Waals surface area contributed by atoms with Gasteiger partial charge in [0.25, 0.3) is 5.91 Å². The highest BCUT2D eigenvalue weighted by atomic mass is 19.1. The second-order valence-electron chi connectivity index (χ2n) is 8.68. The summed E-state index contributed by atoms with van der Waals surface area (Å²) in [6.07, 6.45) is 4.41. The Balaban J connectivity index is 1.55. The summed E-state index contributed by atoms with van der Waals surface area (Å²) >= 11 is 0. The van der Waals surface area contributed by atoms with Crippen LogP contribution in [0.15, 0.2) is 102 Å². The average Bonchev–Trinajstić information content (AvgIpc) is 2.84. The molecule has 170 valence electrons. The van der Waals surface area contributed by atoms with Gasteiger partial charge in [-0.3, -0.25) is 14.6 Å². The lowest BCUT2D eigenvalue weighted by Gasteiger charge is -2.37. The summed E-state index contributed by atoms with van der Waals surface area (Å²) < 4.78 is 13.7. The van der Waals surface area contributed by atoms with E-state index < -0.39 is 11.7 Å². The van der Waals surface area contributed by atoms with Crippen LogP contribution in [0.4, 0.5) is 10.1 Å². The number of benzene rings is 2. The van der Waals surface area contributed by atoms with Crippen LogP contribution in [0.2, 0.25) is 0 Å². The van der Waals surface area contributed by atoms with E-state index in [-0.39, 0.29) is 17.6 Å². The third-order valence-electron chi connectivity index (χ3n) is 6.44. The summed E-state index contributed by atoms with van der Waals surface area (Å²) in [5.41, 5.74) is 4.80. The molecule has 1 aromatic heterocycles. The number of nitrogens with one attached hydrogen (secondary N) is 2. The number of allylic oxidation sites excluding steroid dienone is 3. The summed E-state index contributed by atoms with van der Waals surface area (Å²) in [7, 11) is 0. The normalized spacial score (nSPS) is 20.0. The zero-order valence-corrected chi connectivity index (χ0v) is 18.7. The van der Waals surface area contributed by atoms with E-state index in [1.807, 2.05) is 43.3 Å². The molecule has 6 heteroatoms. The van der Waals surface area contributed by atoms with E-state index in [9.17, 15) is 14.0 Å². The summed E-state index contributed by atoms with van der Waals surface area (Å²) in [4.78, 5) is 31.2. The number of hydrogen-bond acceptors (Lipinski definition) is 4. The fourth-order valence-corrected chi connectivity index (χ4v) is 4.95. The van der Waals surface area contributed by atoms with E-state index in [4.69, 9.17) is 0 Å². The van der Waals surface area contributed by atoms with Gasteiger partial charge < -0.3 is 10.6 Å². The summed E-state index contributed by atoms with van der Waals surface area (Å²) in [5, 5.41) is 6.16. The van der Waals surface area contributed by atoms with Gasteiger partial charge in [0, 0.05) is 53.0 Å². The van der Waals surface area contributed by atoms with E-state index in [0.717, 1.165) is 16.8 Å². The molecule has 0 fully saturated rings. The predicted molar refractivity (Wildman–Crippen MR) is 128 cm³/mol. The van der Waals surface area contributed by atoms with Crippen molar-refractivity contribution < 1.29 is 14.0 Å². The highest BCUT2D eigenvalue weighted by molar-refractivity contribution is 6.10. The van der Waals surface area contributed by atoms with Crippen molar-refractivity contribution in [1.82, 2.24) is 10.3 Å². The molecule has 5 rings (SSSR count). The number of halogens is 1. The largest absolute Gasteiger partial charge is 0.362 e. The Morgan fingerprint density at radius 3 is 2.56 bits per heavy atom. The van der Waals surface area contributed by atoms with Crippen molar-refractivity contribution in [2.75, 3.05) is 5.32 Å². The zero-order valence-electron chi connectivity index (χ0n) is 18.7. The fraction of sp³-hybridized carbons (Fsp3) is 0.179. The molecular formula is C28H24FN3O2. The molecule has 5 nitrogen and oxygen atoms in total. The number of nitrogens with zero attached hydrogens (tertiary/aromatic N) is 1. The zero-order chi connectivity index (χ0) is 23.7. The van der Waals surface area contributed by atoms with Crippen LogP contribution in [-0.2, 0) is 9.59 Å². The van der Waals surface area contributed by atoms with Crippen molar-refractivity contribution in [3.8, 4) is 0 Å². The molecule has 2 heterocycles. The molecule has 34 heavy (non-hydrogen) atoms. The van der Waals surface area contributed by atoms with E-state index >= 15 is 0 Å². The molecule has 2 N–H and O–H groups in total. The molecule has 0 spiro atoms. The van der Waals surface area contributed by atoms with Crippen LogP contribution in [0.1, 0.15) is 42.7 Å². The molecule has 0 saturated heterocycles. The van der Waals surface area contributed by atoms with E-state index in [1.54, 1.807) is 30.6 Å². The SMILES string of the molecule is CC1=C(C(=O)Nc2cccc(F)c2)C(c2cccnc2)C2=C(CC(c3ccccc3)CC2=O)N1. The third kappa shape index (κ3) is 4.15. The van der Waals surface area contributed by atoms with Crippen LogP contribution < -0.4 is 10.6 Å². The van der Waals surface area contributed by atoms with Crippen molar-refractivity contribution in [2.24, 2.45) is 0 Å². The molecule has 2 atom stereocenters. The third-order valence-corrected chi connectivity index (χ3v) is 6.44. The quantitative estimate of drug-likeness (QED) is 0.568. The van der Waals surface area contributed by atoms with Crippen molar-refractivity contribution in [1.29, 1.82) is 0 Å². The molecular weight excluding hydrogens is 429 g/mol. The van der Waals surface area contributed by atoms with Crippen molar-refractivity contribution >= 4 is 17.4 Å². The number of dihydropyridines is 1. The number of carbonyl (C=O) groups excluding carboxylic acids is 2. The van der Waals surface area contributed by atoms with Gasteiger partial charge in [-0.1, -0.05) is 42.5 Å². The Kier molecular flexibility index (Phi) is 5.80. The van der Waals surface area contributed by atoms with Gasteiger partial charge in [0.15, 0.2) is 5.78 Å². The minimum atomic E-state index is -0.553. The molecule has 0 radical (unpaired) electrons. The predicted octanol–water partition coefficient (Wildman–Crippen LogP) is 5.22. The lowest BCUT2D eigenvalue weighted by Crippen LogP contribution is -2.37. The standard InChI is InChI=1S/C28H24FN3O2/c1-17-25(28(34)32-22-11-5-10-21(29)15-22)26(19-9-6-12-30-16-19)27-23(31-17)13-20(14-24(27)33)18-7-3-2-4-8-18/h2-12,15-16,20,26,31H,13-14H2,1H3,(H,32,34). The van der Waals surface area contributed by atoms with Crippen LogP contribution in [0.3, 0.4) is 0 Å². The first kappa shape index (κ1) is 21.8. The highest BCUT2D eigenvalue weighted by Crippen LogP contribution is 2.45. The summed E-state index contributed by atoms with van der Waals surface area (Å²) in [5.74, 6) is -1.28. The van der Waals surface area contributed by atoms with Crippen LogP contribution >= 0.6 is 0 Å². The monoisotopic (exact) mass is 453 g/mol. The molecule has 1 aliphatic carbocycles. The second kappa shape index (κ2) is 9.06. The molecule has 0 bridgehead atoms. The number of amides is 1. The van der Waals surface area contributed by atoms with Gasteiger partial charge in [0.2, 0.25) is 0 Å². The second-order valence-corrected chi connectivity index (χ2v) is 8.68. The van der Waals surface area contributed by atoms with Crippen LogP contribution in [0.25, 0.3) is 0 Å². The lowest BCUT2D eigenvalue weighted by atomic mass is 9.72. The first-order valence-corrected chi connectivity index (χ1v) is 11.3.